The van der Waals surface area contributed by atoms with Crippen molar-refractivity contribution in [3.63, 3.8) is 0 Å². The number of carbonyl (C=O) groups is 4. The second-order valence-corrected chi connectivity index (χ2v) is 9.54. The van der Waals surface area contributed by atoms with Crippen LogP contribution in [-0.4, -0.2) is 73.0 Å². The number of likely N-dealkylation sites (tertiary alicyclic amines) is 1. The van der Waals surface area contributed by atoms with Crippen molar-refractivity contribution >= 4 is 23.5 Å². The summed E-state index contributed by atoms with van der Waals surface area (Å²) in [6.07, 6.45) is -11.9. The van der Waals surface area contributed by atoms with Gasteiger partial charge in [0.15, 0.2) is 5.78 Å². The fourth-order valence-corrected chi connectivity index (χ4v) is 5.47. The lowest BCUT2D eigenvalue weighted by Gasteiger charge is -2.27. The maximum absolute atomic E-state index is 12.9. The van der Waals surface area contributed by atoms with Crippen LogP contribution in [-0.2, 0) is 28.7 Å². The molecule has 36 heavy (non-hydrogen) atoms. The van der Waals surface area contributed by atoms with Gasteiger partial charge >= 0.3 is 12.7 Å². The number of hydrogen-bond donors (Lipinski definition) is 2. The third-order valence-electron chi connectivity index (χ3n) is 7.23. The van der Waals surface area contributed by atoms with Crippen LogP contribution >= 0.6 is 0 Å². The molecule has 2 aliphatic heterocycles. The first kappa shape index (κ1) is 28.2. The number of ketones is 1. The van der Waals surface area contributed by atoms with Crippen LogP contribution in [0.15, 0.2) is 0 Å². The predicted molar refractivity (Wildman–Crippen MR) is 107 cm³/mol. The number of hydrogen-bond acceptors (Lipinski definition) is 6. The number of amides is 3. The summed E-state index contributed by atoms with van der Waals surface area (Å²) in [4.78, 5) is 50.7. The highest BCUT2D eigenvalue weighted by Gasteiger charge is 2.65. The minimum atomic E-state index is -5.10. The van der Waals surface area contributed by atoms with Gasteiger partial charge in [-0.3, -0.25) is 28.7 Å². The molecular formula is C21H27F6N3O6. The van der Waals surface area contributed by atoms with E-state index in [-0.39, 0.29) is 38.1 Å². The molecule has 1 aliphatic carbocycles. The van der Waals surface area contributed by atoms with E-state index in [1.165, 1.54) is 6.92 Å². The first-order valence-corrected chi connectivity index (χ1v) is 11.4. The fraction of sp³-hybridized carbons (Fsp3) is 0.810. The van der Waals surface area contributed by atoms with Gasteiger partial charge in [0.05, 0.1) is 0 Å². The van der Waals surface area contributed by atoms with E-state index in [1.807, 2.05) is 0 Å². The van der Waals surface area contributed by atoms with Crippen molar-refractivity contribution in [1.29, 1.82) is 0 Å². The van der Waals surface area contributed by atoms with E-state index in [0.717, 1.165) is 4.90 Å². The molecule has 204 valence electrons. The van der Waals surface area contributed by atoms with Gasteiger partial charge in [0, 0.05) is 24.9 Å². The minimum absolute atomic E-state index is 0.0533. The first-order chi connectivity index (χ1) is 16.6. The average molecular weight is 531 g/mol. The summed E-state index contributed by atoms with van der Waals surface area (Å²) in [6, 6.07) is -1.27. The number of primary amides is 1. The topological polar surface area (TPSA) is 128 Å². The molecule has 0 aromatic carbocycles. The molecule has 15 heteroatoms. The Hall–Kier alpha value is -2.42. The second-order valence-electron chi connectivity index (χ2n) is 9.54. The zero-order chi connectivity index (χ0) is 27.1. The zero-order valence-electron chi connectivity index (χ0n) is 19.3. The molecule has 2 saturated heterocycles. The summed E-state index contributed by atoms with van der Waals surface area (Å²) in [6.45, 7) is 0.154. The average Bonchev–Trinajstić information content (AvgIpc) is 3.07. The molecule has 1 saturated carbocycles. The Morgan fingerprint density at radius 1 is 1.17 bits per heavy atom. The fourth-order valence-electron chi connectivity index (χ4n) is 5.47. The predicted octanol–water partition coefficient (Wildman–Crippen LogP) is 1.64. The van der Waals surface area contributed by atoms with Crippen molar-refractivity contribution in [2.24, 2.45) is 28.9 Å². The maximum Gasteiger partial charge on any atom is 0.523 e. The monoisotopic (exact) mass is 531 g/mol. The van der Waals surface area contributed by atoms with Gasteiger partial charge in [-0.1, -0.05) is 6.92 Å². The molecule has 9 nitrogen and oxygen atoms in total. The van der Waals surface area contributed by atoms with Crippen molar-refractivity contribution in [2.75, 3.05) is 19.7 Å². The molecule has 3 fully saturated rings. The van der Waals surface area contributed by atoms with Gasteiger partial charge in [0.25, 0.3) is 5.91 Å². The van der Waals surface area contributed by atoms with Gasteiger partial charge < -0.3 is 16.0 Å². The molecule has 3 unspecified atom stereocenters. The van der Waals surface area contributed by atoms with E-state index >= 15 is 0 Å². The van der Waals surface area contributed by atoms with Crippen molar-refractivity contribution < 1.29 is 55.0 Å². The van der Waals surface area contributed by atoms with E-state index in [1.54, 1.807) is 0 Å². The normalized spacial score (nSPS) is 29.8. The van der Waals surface area contributed by atoms with Crippen LogP contribution in [0.1, 0.15) is 39.0 Å². The molecule has 6 atom stereocenters. The van der Waals surface area contributed by atoms with Gasteiger partial charge in [0.2, 0.25) is 11.8 Å². The molecule has 3 rings (SSSR count). The molecule has 0 aromatic heterocycles. The molecule has 3 aliphatic rings. The summed E-state index contributed by atoms with van der Waals surface area (Å²) >= 11 is 0. The van der Waals surface area contributed by atoms with Crippen LogP contribution in [0.3, 0.4) is 0 Å². The maximum atomic E-state index is 12.9. The van der Waals surface area contributed by atoms with Crippen LogP contribution in [0.2, 0.25) is 0 Å². The Morgan fingerprint density at radius 2 is 1.83 bits per heavy atom. The Morgan fingerprint density at radius 3 is 2.33 bits per heavy atom. The lowest BCUT2D eigenvalue weighted by molar-refractivity contribution is -0.339. The van der Waals surface area contributed by atoms with Crippen LogP contribution in [0, 0.1) is 23.2 Å². The summed E-state index contributed by atoms with van der Waals surface area (Å²) in [5.41, 5.74) is 4.49. The summed E-state index contributed by atoms with van der Waals surface area (Å²) in [5, 5.41) is 2.59. The van der Waals surface area contributed by atoms with E-state index in [2.05, 4.69) is 14.8 Å². The number of nitrogens with one attached hydrogen (secondary N) is 1. The lowest BCUT2D eigenvalue weighted by Crippen LogP contribution is -2.49. The highest BCUT2D eigenvalue weighted by molar-refractivity contribution is 5.90. The van der Waals surface area contributed by atoms with Crippen molar-refractivity contribution in [2.45, 2.75) is 63.9 Å². The van der Waals surface area contributed by atoms with Gasteiger partial charge in [0.1, 0.15) is 18.8 Å². The third kappa shape index (κ3) is 6.47. The van der Waals surface area contributed by atoms with Crippen LogP contribution in [0.25, 0.3) is 0 Å². The third-order valence-corrected chi connectivity index (χ3v) is 7.23. The molecule has 2 heterocycles. The number of carbonyl (C=O) groups excluding carboxylic acids is 4. The molecule has 3 amide bonds. The standard InChI is InChI=1S/C21H27F6N3O6/c1-2-15(36-21(25,26)27)18(34)30-9-19(7-13(30)16(28)32)6-12(19)11(5-10-3-4-29-17(10)33)14(31)8-35-20(22,23)24/h10-13,15H,2-9H2,1H3,(H2,28,32)(H,29,33)/t10-,11+,12?,13?,15-,19?/m1/s1. The molecular weight excluding hydrogens is 504 g/mol. The molecule has 0 bridgehead atoms. The van der Waals surface area contributed by atoms with Crippen molar-refractivity contribution in [3.8, 4) is 0 Å². The summed E-state index contributed by atoms with van der Waals surface area (Å²) < 4.78 is 83.5. The highest BCUT2D eigenvalue weighted by Crippen LogP contribution is 2.64. The lowest BCUT2D eigenvalue weighted by atomic mass is 9.83. The number of ether oxygens (including phenoxy) is 2. The Balaban J connectivity index is 1.80. The second kappa shape index (κ2) is 10.1. The van der Waals surface area contributed by atoms with Crippen LogP contribution < -0.4 is 11.1 Å². The number of halogens is 6. The van der Waals surface area contributed by atoms with Crippen molar-refractivity contribution in [3.05, 3.63) is 0 Å². The van der Waals surface area contributed by atoms with Gasteiger partial charge in [-0.05, 0) is 43.4 Å². The minimum Gasteiger partial charge on any atom is -0.368 e. The smallest absolute Gasteiger partial charge is 0.368 e. The Labute approximate surface area is 202 Å². The summed E-state index contributed by atoms with van der Waals surface area (Å²) in [7, 11) is 0. The quantitative estimate of drug-likeness (QED) is 0.413. The SMILES string of the molecule is CC[C@@H](OC(F)(F)F)C(=O)N1CC2(CC1C(N)=O)CC2[C@H](C[C@H]1CCNC1=O)C(=O)COC(F)(F)F. The number of nitrogens with zero attached hydrogens (tertiary/aromatic N) is 1. The highest BCUT2D eigenvalue weighted by atomic mass is 19.4. The summed E-state index contributed by atoms with van der Waals surface area (Å²) in [5.74, 6) is -5.56. The Bertz CT molecular complexity index is 896. The number of nitrogens with two attached hydrogens (primary N) is 1. The number of alkyl halides is 6. The van der Waals surface area contributed by atoms with E-state index in [0.29, 0.717) is 13.0 Å². The van der Waals surface area contributed by atoms with E-state index in [9.17, 15) is 45.5 Å². The molecule has 3 N–H and O–H groups in total. The van der Waals surface area contributed by atoms with Gasteiger partial charge in [-0.2, -0.15) is 0 Å². The van der Waals surface area contributed by atoms with Gasteiger partial charge in [-0.25, -0.2) is 0 Å². The molecule has 0 radical (unpaired) electrons. The first-order valence-electron chi connectivity index (χ1n) is 11.4. The molecule has 1 spiro atoms. The van der Waals surface area contributed by atoms with Crippen LogP contribution in [0.5, 0.6) is 0 Å². The number of Topliss-reactive ketones (excluding diaryl/α,β-unsaturated/α-hetero) is 1. The van der Waals surface area contributed by atoms with Crippen LogP contribution in [0.4, 0.5) is 26.3 Å². The largest absolute Gasteiger partial charge is 0.523 e. The molecule has 0 aromatic rings. The number of rotatable bonds is 10. The van der Waals surface area contributed by atoms with E-state index in [4.69, 9.17) is 5.73 Å². The van der Waals surface area contributed by atoms with Crippen molar-refractivity contribution in [1.82, 2.24) is 10.2 Å². The zero-order valence-corrected chi connectivity index (χ0v) is 19.3. The van der Waals surface area contributed by atoms with E-state index < -0.39 is 72.2 Å². The van der Waals surface area contributed by atoms with Gasteiger partial charge in [-0.15, -0.1) is 26.3 Å². The Kier molecular flexibility index (Phi) is 7.94.